The number of hydrogen-bond donors (Lipinski definition) is 1. The van der Waals surface area contributed by atoms with Crippen LogP contribution in [-0.4, -0.2) is 29.5 Å². The lowest BCUT2D eigenvalue weighted by Gasteiger charge is -2.15. The zero-order valence-corrected chi connectivity index (χ0v) is 9.16. The molecular formula is C9H6F5NO4. The second kappa shape index (κ2) is 5.24. The summed E-state index contributed by atoms with van der Waals surface area (Å²) >= 11 is 0. The van der Waals surface area contributed by atoms with Gasteiger partial charge in [-0.3, -0.25) is 0 Å². The van der Waals surface area contributed by atoms with E-state index in [0.717, 1.165) is 7.11 Å². The van der Waals surface area contributed by atoms with Crippen molar-refractivity contribution in [2.24, 2.45) is 0 Å². The summed E-state index contributed by atoms with van der Waals surface area (Å²) < 4.78 is 69.2. The quantitative estimate of drug-likeness (QED) is 0.862. The van der Waals surface area contributed by atoms with Crippen LogP contribution in [0.15, 0.2) is 6.20 Å². The Labute approximate surface area is 102 Å². The summed E-state index contributed by atoms with van der Waals surface area (Å²) in [6.07, 6.45) is -8.26. The Morgan fingerprint density at radius 3 is 2.37 bits per heavy atom. The van der Waals surface area contributed by atoms with Crippen LogP contribution in [0, 0.1) is 0 Å². The number of aromatic nitrogens is 1. The number of pyridine rings is 1. The van der Waals surface area contributed by atoms with Crippen LogP contribution in [0.3, 0.4) is 0 Å². The number of alkyl halides is 5. The summed E-state index contributed by atoms with van der Waals surface area (Å²) in [4.78, 5) is 13.7. The predicted molar refractivity (Wildman–Crippen MR) is 49.4 cm³/mol. The summed E-state index contributed by atoms with van der Waals surface area (Å²) in [6, 6.07) is 0. The molecule has 0 aromatic carbocycles. The first-order valence-electron chi connectivity index (χ1n) is 4.51. The van der Waals surface area contributed by atoms with Gasteiger partial charge in [0, 0.05) is 6.20 Å². The van der Waals surface area contributed by atoms with Crippen LogP contribution < -0.4 is 9.47 Å². The van der Waals surface area contributed by atoms with Gasteiger partial charge >= 0.3 is 12.3 Å². The van der Waals surface area contributed by atoms with E-state index in [0.29, 0.717) is 6.20 Å². The van der Waals surface area contributed by atoms with Gasteiger partial charge in [0.25, 0.3) is 6.43 Å². The fraction of sp³-hybridized carbons (Fsp3) is 0.333. The van der Waals surface area contributed by atoms with Crippen molar-refractivity contribution >= 4 is 5.97 Å². The Kier molecular flexibility index (Phi) is 4.12. The smallest absolute Gasteiger partial charge is 0.495 e. The molecule has 0 aliphatic heterocycles. The third-order valence-electron chi connectivity index (χ3n) is 1.90. The highest BCUT2D eigenvalue weighted by molar-refractivity contribution is 5.91. The SMILES string of the molecule is COc1c(C(=O)O)cnc(OC(F)(F)F)c1C(F)F. The first-order chi connectivity index (χ1) is 8.67. The number of hydrogen-bond acceptors (Lipinski definition) is 4. The molecule has 0 atom stereocenters. The second-order valence-corrected chi connectivity index (χ2v) is 3.08. The van der Waals surface area contributed by atoms with E-state index in [2.05, 4.69) is 14.5 Å². The standard InChI is InChI=1S/C9H6F5NO4/c1-18-5-3(8(16)17)2-15-7(4(5)6(10)11)19-9(12,13)14/h2,6H,1H3,(H,16,17). The highest BCUT2D eigenvalue weighted by Gasteiger charge is 2.36. The molecule has 1 aromatic rings. The largest absolute Gasteiger partial charge is 0.574 e. The van der Waals surface area contributed by atoms with Gasteiger partial charge in [0.05, 0.1) is 7.11 Å². The van der Waals surface area contributed by atoms with Gasteiger partial charge in [0.2, 0.25) is 5.88 Å². The zero-order chi connectivity index (χ0) is 14.8. The lowest BCUT2D eigenvalue weighted by atomic mass is 10.1. The fourth-order valence-corrected chi connectivity index (χ4v) is 1.25. The molecule has 0 saturated carbocycles. The molecule has 0 unspecified atom stereocenters. The molecule has 0 saturated heterocycles. The van der Waals surface area contributed by atoms with Gasteiger partial charge in [-0.2, -0.15) is 0 Å². The molecular weight excluding hydrogens is 281 g/mol. The summed E-state index contributed by atoms with van der Waals surface area (Å²) in [5.74, 6) is -4.06. The number of carboxylic acids is 1. The molecule has 1 heterocycles. The van der Waals surface area contributed by atoms with Crippen molar-refractivity contribution < 1.29 is 41.3 Å². The Hall–Kier alpha value is -2.13. The fourth-order valence-electron chi connectivity index (χ4n) is 1.25. The molecule has 0 aliphatic rings. The molecule has 0 aliphatic carbocycles. The summed E-state index contributed by atoms with van der Waals surface area (Å²) in [6.45, 7) is 0. The van der Waals surface area contributed by atoms with Crippen LogP contribution >= 0.6 is 0 Å². The molecule has 106 valence electrons. The van der Waals surface area contributed by atoms with E-state index in [1.54, 1.807) is 0 Å². The van der Waals surface area contributed by atoms with Crippen molar-refractivity contribution in [1.29, 1.82) is 0 Å². The molecule has 1 rings (SSSR count). The summed E-state index contributed by atoms with van der Waals surface area (Å²) in [5, 5.41) is 8.70. The van der Waals surface area contributed by atoms with Crippen molar-refractivity contribution in [1.82, 2.24) is 4.98 Å². The number of nitrogens with zero attached hydrogens (tertiary/aromatic N) is 1. The van der Waals surface area contributed by atoms with Crippen LogP contribution in [0.1, 0.15) is 22.3 Å². The minimum atomic E-state index is -5.24. The van der Waals surface area contributed by atoms with E-state index in [1.165, 1.54) is 0 Å². The number of carboxylic acid groups (broad SMARTS) is 1. The van der Waals surface area contributed by atoms with Crippen LogP contribution in [0.5, 0.6) is 11.6 Å². The van der Waals surface area contributed by atoms with E-state index in [9.17, 15) is 26.7 Å². The maximum Gasteiger partial charge on any atom is 0.574 e. The van der Waals surface area contributed by atoms with Gasteiger partial charge in [-0.25, -0.2) is 18.6 Å². The second-order valence-electron chi connectivity index (χ2n) is 3.08. The minimum absolute atomic E-state index is 0.439. The van der Waals surface area contributed by atoms with Crippen LogP contribution in [0.2, 0.25) is 0 Å². The molecule has 1 aromatic heterocycles. The van der Waals surface area contributed by atoms with Crippen molar-refractivity contribution in [2.45, 2.75) is 12.8 Å². The average Bonchev–Trinajstić information content (AvgIpc) is 2.25. The van der Waals surface area contributed by atoms with Gasteiger partial charge in [-0.1, -0.05) is 0 Å². The average molecular weight is 287 g/mol. The van der Waals surface area contributed by atoms with Crippen molar-refractivity contribution in [2.75, 3.05) is 7.11 Å². The molecule has 0 amide bonds. The van der Waals surface area contributed by atoms with Crippen LogP contribution in [0.25, 0.3) is 0 Å². The lowest BCUT2D eigenvalue weighted by molar-refractivity contribution is -0.276. The minimum Gasteiger partial charge on any atom is -0.495 e. The van der Waals surface area contributed by atoms with Gasteiger partial charge < -0.3 is 14.6 Å². The molecule has 0 fully saturated rings. The van der Waals surface area contributed by atoms with E-state index < -0.39 is 41.5 Å². The van der Waals surface area contributed by atoms with Gasteiger partial charge in [-0.15, -0.1) is 13.2 Å². The topological polar surface area (TPSA) is 68.7 Å². The number of carbonyl (C=O) groups is 1. The Morgan fingerprint density at radius 2 is 2.00 bits per heavy atom. The third-order valence-corrected chi connectivity index (χ3v) is 1.90. The Balaban J connectivity index is 3.46. The van der Waals surface area contributed by atoms with Gasteiger partial charge in [-0.05, 0) is 0 Å². The maximum atomic E-state index is 12.7. The Morgan fingerprint density at radius 1 is 1.42 bits per heavy atom. The number of aromatic carboxylic acids is 1. The van der Waals surface area contributed by atoms with Crippen molar-refractivity contribution in [3.05, 3.63) is 17.3 Å². The van der Waals surface area contributed by atoms with Gasteiger partial charge in [0.1, 0.15) is 16.9 Å². The molecule has 0 bridgehead atoms. The molecule has 0 spiro atoms. The summed E-state index contributed by atoms with van der Waals surface area (Å²) in [7, 11) is 0.838. The molecule has 5 nitrogen and oxygen atoms in total. The molecule has 10 heteroatoms. The predicted octanol–water partition coefficient (Wildman–Crippen LogP) is 2.62. The highest BCUT2D eigenvalue weighted by atomic mass is 19.4. The van der Waals surface area contributed by atoms with Crippen molar-refractivity contribution in [3.8, 4) is 11.6 Å². The normalized spacial score (nSPS) is 11.5. The number of halogens is 5. The highest BCUT2D eigenvalue weighted by Crippen LogP contribution is 2.39. The van der Waals surface area contributed by atoms with E-state index in [1.807, 2.05) is 0 Å². The van der Waals surface area contributed by atoms with Crippen LogP contribution in [-0.2, 0) is 0 Å². The monoisotopic (exact) mass is 287 g/mol. The zero-order valence-electron chi connectivity index (χ0n) is 9.16. The first kappa shape index (κ1) is 14.9. The summed E-state index contributed by atoms with van der Waals surface area (Å²) in [5.41, 5.74) is -2.17. The molecule has 0 radical (unpaired) electrons. The third kappa shape index (κ3) is 3.42. The van der Waals surface area contributed by atoms with Crippen molar-refractivity contribution in [3.63, 3.8) is 0 Å². The van der Waals surface area contributed by atoms with Gasteiger partial charge in [0.15, 0.2) is 0 Å². The van der Waals surface area contributed by atoms with E-state index >= 15 is 0 Å². The molecule has 19 heavy (non-hydrogen) atoms. The first-order valence-corrected chi connectivity index (χ1v) is 4.51. The number of ether oxygens (including phenoxy) is 2. The molecule has 1 N–H and O–H groups in total. The maximum absolute atomic E-state index is 12.7. The van der Waals surface area contributed by atoms with E-state index in [4.69, 9.17) is 5.11 Å². The Bertz CT molecular complexity index is 488. The lowest BCUT2D eigenvalue weighted by Crippen LogP contribution is -2.20. The van der Waals surface area contributed by atoms with E-state index in [-0.39, 0.29) is 0 Å². The van der Waals surface area contributed by atoms with Crippen LogP contribution in [0.4, 0.5) is 22.0 Å². The number of methoxy groups -OCH3 is 1. The number of rotatable bonds is 4.